The molecule has 3 nitrogen and oxygen atoms in total. The van der Waals surface area contributed by atoms with Gasteiger partial charge in [0.2, 0.25) is 0 Å². The van der Waals surface area contributed by atoms with Gasteiger partial charge >= 0.3 is 0 Å². The Balaban J connectivity index is 1.78. The minimum Gasteiger partial charge on any atom is -0.384 e. The SMILES string of the molecule is CN1CCC(CCNc2ccc(C#N)cc2Br)CC1. The van der Waals surface area contributed by atoms with Crippen LogP contribution in [0, 0.1) is 17.2 Å². The summed E-state index contributed by atoms with van der Waals surface area (Å²) < 4.78 is 0.968. The Morgan fingerprint density at radius 3 is 2.79 bits per heavy atom. The maximum absolute atomic E-state index is 8.83. The molecule has 0 atom stereocenters. The lowest BCUT2D eigenvalue weighted by atomic mass is 9.94. The number of piperidine rings is 1. The third-order valence-electron chi connectivity index (χ3n) is 3.80. The highest BCUT2D eigenvalue weighted by molar-refractivity contribution is 9.10. The molecule has 0 aliphatic carbocycles. The van der Waals surface area contributed by atoms with Crippen LogP contribution in [0.3, 0.4) is 0 Å². The Morgan fingerprint density at radius 1 is 1.42 bits per heavy atom. The smallest absolute Gasteiger partial charge is 0.0992 e. The molecule has 0 aromatic heterocycles. The van der Waals surface area contributed by atoms with Crippen molar-refractivity contribution in [2.45, 2.75) is 19.3 Å². The highest BCUT2D eigenvalue weighted by Gasteiger charge is 2.16. The van der Waals surface area contributed by atoms with Gasteiger partial charge in [-0.05, 0) is 79.4 Å². The first-order valence-electron chi connectivity index (χ1n) is 6.81. The van der Waals surface area contributed by atoms with E-state index >= 15 is 0 Å². The third kappa shape index (κ3) is 4.22. The van der Waals surface area contributed by atoms with Crippen molar-refractivity contribution in [3.05, 3.63) is 28.2 Å². The number of likely N-dealkylation sites (tertiary alicyclic amines) is 1. The largest absolute Gasteiger partial charge is 0.384 e. The lowest BCUT2D eigenvalue weighted by molar-refractivity contribution is 0.215. The zero-order valence-electron chi connectivity index (χ0n) is 11.3. The summed E-state index contributed by atoms with van der Waals surface area (Å²) in [5.74, 6) is 0.848. The van der Waals surface area contributed by atoms with E-state index in [2.05, 4.69) is 39.3 Å². The van der Waals surface area contributed by atoms with Crippen LogP contribution in [0.5, 0.6) is 0 Å². The molecule has 0 spiro atoms. The van der Waals surface area contributed by atoms with Gasteiger partial charge in [0, 0.05) is 16.7 Å². The van der Waals surface area contributed by atoms with Crippen LogP contribution in [0.4, 0.5) is 5.69 Å². The second kappa shape index (κ2) is 6.93. The first-order valence-corrected chi connectivity index (χ1v) is 7.60. The van der Waals surface area contributed by atoms with E-state index in [4.69, 9.17) is 5.26 Å². The molecule has 2 rings (SSSR count). The van der Waals surface area contributed by atoms with Gasteiger partial charge in [0.25, 0.3) is 0 Å². The first kappa shape index (κ1) is 14.4. The number of halogens is 1. The number of nitrogens with zero attached hydrogens (tertiary/aromatic N) is 2. The van der Waals surface area contributed by atoms with Crippen molar-refractivity contribution in [3.8, 4) is 6.07 Å². The third-order valence-corrected chi connectivity index (χ3v) is 4.46. The Morgan fingerprint density at radius 2 is 2.16 bits per heavy atom. The summed E-state index contributed by atoms with van der Waals surface area (Å²) in [4.78, 5) is 2.40. The summed E-state index contributed by atoms with van der Waals surface area (Å²) in [6.07, 6.45) is 3.85. The highest BCUT2D eigenvalue weighted by Crippen LogP contribution is 2.24. The summed E-state index contributed by atoms with van der Waals surface area (Å²) >= 11 is 3.50. The van der Waals surface area contributed by atoms with Crippen LogP contribution in [0.2, 0.25) is 0 Å². The van der Waals surface area contributed by atoms with Crippen LogP contribution in [0.1, 0.15) is 24.8 Å². The van der Waals surface area contributed by atoms with Gasteiger partial charge in [0.15, 0.2) is 0 Å². The van der Waals surface area contributed by atoms with Gasteiger partial charge in [-0.15, -0.1) is 0 Å². The van der Waals surface area contributed by atoms with E-state index in [-0.39, 0.29) is 0 Å². The molecular weight excluding hydrogens is 302 g/mol. The second-order valence-electron chi connectivity index (χ2n) is 5.27. The maximum Gasteiger partial charge on any atom is 0.0992 e. The van der Waals surface area contributed by atoms with Crippen LogP contribution in [0.15, 0.2) is 22.7 Å². The number of rotatable bonds is 4. The van der Waals surface area contributed by atoms with Crippen molar-refractivity contribution in [2.75, 3.05) is 32.0 Å². The lowest BCUT2D eigenvalue weighted by Crippen LogP contribution is -2.30. The van der Waals surface area contributed by atoms with Gasteiger partial charge in [0.1, 0.15) is 0 Å². The molecule has 0 saturated carbocycles. The maximum atomic E-state index is 8.83. The standard InChI is InChI=1S/C15H20BrN3/c1-19-8-5-12(6-9-19)4-7-18-15-3-2-13(11-17)10-14(15)16/h2-3,10,12,18H,4-9H2,1H3. The van der Waals surface area contributed by atoms with Crippen molar-refractivity contribution in [2.24, 2.45) is 5.92 Å². The van der Waals surface area contributed by atoms with E-state index in [0.717, 1.165) is 22.6 Å². The van der Waals surface area contributed by atoms with E-state index in [9.17, 15) is 0 Å². The minimum absolute atomic E-state index is 0.688. The van der Waals surface area contributed by atoms with Gasteiger partial charge in [0.05, 0.1) is 11.6 Å². The molecule has 19 heavy (non-hydrogen) atoms. The van der Waals surface area contributed by atoms with Crippen molar-refractivity contribution in [1.29, 1.82) is 5.26 Å². The van der Waals surface area contributed by atoms with E-state index in [1.807, 2.05) is 18.2 Å². The van der Waals surface area contributed by atoms with Crippen LogP contribution in [-0.2, 0) is 0 Å². The summed E-state index contributed by atoms with van der Waals surface area (Å²) in [6, 6.07) is 7.82. The predicted octanol–water partition coefficient (Wildman–Crippen LogP) is 3.46. The number of hydrogen-bond donors (Lipinski definition) is 1. The molecule has 1 aromatic carbocycles. The van der Waals surface area contributed by atoms with Crippen LogP contribution in [-0.4, -0.2) is 31.6 Å². The van der Waals surface area contributed by atoms with Gasteiger partial charge < -0.3 is 10.2 Å². The fourth-order valence-electron chi connectivity index (χ4n) is 2.49. The zero-order chi connectivity index (χ0) is 13.7. The monoisotopic (exact) mass is 321 g/mol. The van der Waals surface area contributed by atoms with Crippen LogP contribution in [0.25, 0.3) is 0 Å². The van der Waals surface area contributed by atoms with E-state index < -0.39 is 0 Å². The molecule has 1 aliphatic heterocycles. The van der Waals surface area contributed by atoms with Gasteiger partial charge in [-0.1, -0.05) is 0 Å². The Hall–Kier alpha value is -1.05. The second-order valence-corrected chi connectivity index (χ2v) is 6.12. The molecule has 102 valence electrons. The number of anilines is 1. The summed E-state index contributed by atoms with van der Waals surface area (Å²) in [7, 11) is 2.20. The van der Waals surface area contributed by atoms with Gasteiger partial charge in [-0.2, -0.15) is 5.26 Å². The first-order chi connectivity index (χ1) is 9.19. The van der Waals surface area contributed by atoms with Crippen LogP contribution >= 0.6 is 15.9 Å². The van der Waals surface area contributed by atoms with Crippen molar-refractivity contribution >= 4 is 21.6 Å². The van der Waals surface area contributed by atoms with E-state index in [1.165, 1.54) is 32.4 Å². The summed E-state index contributed by atoms with van der Waals surface area (Å²) in [6.45, 7) is 3.45. The van der Waals surface area contributed by atoms with E-state index in [0.29, 0.717) is 5.56 Å². The molecule has 1 aliphatic rings. The molecule has 1 fully saturated rings. The molecule has 4 heteroatoms. The zero-order valence-corrected chi connectivity index (χ0v) is 12.9. The van der Waals surface area contributed by atoms with Crippen molar-refractivity contribution in [3.63, 3.8) is 0 Å². The fourth-order valence-corrected chi connectivity index (χ4v) is 3.01. The van der Waals surface area contributed by atoms with Gasteiger partial charge in [-0.25, -0.2) is 0 Å². The normalized spacial score (nSPS) is 17.1. The number of benzene rings is 1. The van der Waals surface area contributed by atoms with E-state index in [1.54, 1.807) is 0 Å². The minimum atomic E-state index is 0.688. The Kier molecular flexibility index (Phi) is 5.24. The topological polar surface area (TPSA) is 39.1 Å². The van der Waals surface area contributed by atoms with Crippen LogP contribution < -0.4 is 5.32 Å². The Labute approximate surface area is 123 Å². The molecule has 1 N–H and O–H groups in total. The fraction of sp³-hybridized carbons (Fsp3) is 0.533. The summed E-state index contributed by atoms with van der Waals surface area (Å²) in [5, 5.41) is 12.3. The summed E-state index contributed by atoms with van der Waals surface area (Å²) in [5.41, 5.74) is 1.76. The molecule has 0 bridgehead atoms. The number of hydrogen-bond acceptors (Lipinski definition) is 3. The quantitative estimate of drug-likeness (QED) is 0.923. The number of nitrogens with one attached hydrogen (secondary N) is 1. The number of nitriles is 1. The molecule has 0 unspecified atom stereocenters. The average molecular weight is 322 g/mol. The van der Waals surface area contributed by atoms with Crippen molar-refractivity contribution < 1.29 is 0 Å². The predicted molar refractivity (Wildman–Crippen MR) is 82.2 cm³/mol. The average Bonchev–Trinajstić information content (AvgIpc) is 2.42. The van der Waals surface area contributed by atoms with Crippen molar-refractivity contribution in [1.82, 2.24) is 4.90 Å². The van der Waals surface area contributed by atoms with Gasteiger partial charge in [-0.3, -0.25) is 0 Å². The molecule has 0 amide bonds. The molecule has 1 saturated heterocycles. The molecule has 1 aromatic rings. The lowest BCUT2D eigenvalue weighted by Gasteiger charge is -2.29. The molecule has 1 heterocycles. The molecule has 0 radical (unpaired) electrons. The highest BCUT2D eigenvalue weighted by atomic mass is 79.9. The molecular formula is C15H20BrN3. The Bertz CT molecular complexity index is 459.